The predicted octanol–water partition coefficient (Wildman–Crippen LogP) is 3.84. The van der Waals surface area contributed by atoms with Gasteiger partial charge in [-0.3, -0.25) is 14.5 Å². The van der Waals surface area contributed by atoms with Crippen molar-refractivity contribution in [1.82, 2.24) is 9.38 Å². The quantitative estimate of drug-likeness (QED) is 0.407. The van der Waals surface area contributed by atoms with Crippen LogP contribution in [0.3, 0.4) is 0 Å². The van der Waals surface area contributed by atoms with Gasteiger partial charge in [0.2, 0.25) is 0 Å². The molecule has 0 saturated carbocycles. The van der Waals surface area contributed by atoms with E-state index in [1.807, 2.05) is 6.92 Å². The number of hydrogen-bond acceptors (Lipinski definition) is 6. The number of fused-ring (bicyclic) bond motifs is 1. The second kappa shape index (κ2) is 6.04. The van der Waals surface area contributed by atoms with Crippen LogP contribution in [0.2, 0.25) is 0 Å². The number of rotatable bonds is 4. The molecule has 0 bridgehead atoms. The summed E-state index contributed by atoms with van der Waals surface area (Å²) in [6.07, 6.45) is 1.58. The maximum atomic E-state index is 12.1. The highest BCUT2D eigenvalue weighted by Crippen LogP contribution is 2.29. The first-order chi connectivity index (χ1) is 11.4. The van der Waals surface area contributed by atoms with Crippen LogP contribution in [0.5, 0.6) is 0 Å². The molecule has 0 unspecified atom stereocenters. The van der Waals surface area contributed by atoms with Crippen LogP contribution in [0.4, 0.5) is 5.69 Å². The van der Waals surface area contributed by atoms with E-state index in [1.54, 1.807) is 36.6 Å². The molecule has 0 radical (unpaired) electrons. The van der Waals surface area contributed by atoms with Gasteiger partial charge in [0.15, 0.2) is 4.96 Å². The topological polar surface area (TPSA) is 86.7 Å². The van der Waals surface area contributed by atoms with Crippen molar-refractivity contribution < 1.29 is 14.5 Å². The van der Waals surface area contributed by atoms with Gasteiger partial charge >= 0.3 is 5.97 Å². The molecule has 8 heteroatoms. The molecule has 0 aliphatic heterocycles. The monoisotopic (exact) mass is 345 g/mol. The highest BCUT2D eigenvalue weighted by Gasteiger charge is 2.20. The van der Waals surface area contributed by atoms with Crippen LogP contribution in [0, 0.1) is 17.0 Å². The molecule has 0 amide bonds. The summed E-state index contributed by atoms with van der Waals surface area (Å²) in [5, 5.41) is 10.9. The van der Waals surface area contributed by atoms with Crippen molar-refractivity contribution in [2.24, 2.45) is 0 Å². The summed E-state index contributed by atoms with van der Waals surface area (Å²) in [6, 6.07) is 6.31. The van der Waals surface area contributed by atoms with Crippen LogP contribution in [0.1, 0.15) is 29.2 Å². The van der Waals surface area contributed by atoms with Crippen LogP contribution in [-0.2, 0) is 4.74 Å². The lowest BCUT2D eigenvalue weighted by molar-refractivity contribution is -0.384. The average Bonchev–Trinajstić information content (AvgIpc) is 3.07. The molecule has 0 saturated heterocycles. The number of nitro groups is 1. The zero-order valence-electron chi connectivity index (χ0n) is 13.3. The molecule has 24 heavy (non-hydrogen) atoms. The van der Waals surface area contributed by atoms with Crippen molar-refractivity contribution in [2.45, 2.75) is 26.9 Å². The maximum Gasteiger partial charge on any atom is 0.350 e. The lowest BCUT2D eigenvalue weighted by Gasteiger charge is -2.06. The van der Waals surface area contributed by atoms with E-state index in [0.717, 1.165) is 5.69 Å². The third-order valence-corrected chi connectivity index (χ3v) is 4.57. The minimum atomic E-state index is -0.437. The molecule has 3 aromatic rings. The van der Waals surface area contributed by atoms with E-state index in [-0.39, 0.29) is 17.8 Å². The number of aryl methyl sites for hydroxylation is 1. The molecule has 2 heterocycles. The lowest BCUT2D eigenvalue weighted by Crippen LogP contribution is -2.11. The number of nitro benzene ring substituents is 1. The Labute approximate surface area is 141 Å². The summed E-state index contributed by atoms with van der Waals surface area (Å²) in [5.74, 6) is -0.366. The molecular weight excluding hydrogens is 330 g/mol. The summed E-state index contributed by atoms with van der Waals surface area (Å²) in [4.78, 5) is 28.2. The maximum absolute atomic E-state index is 12.1. The van der Waals surface area contributed by atoms with Gasteiger partial charge in [-0.15, -0.1) is 0 Å². The fourth-order valence-corrected chi connectivity index (χ4v) is 3.32. The number of benzene rings is 1. The summed E-state index contributed by atoms with van der Waals surface area (Å²) in [7, 11) is 0. The SMILES string of the molecule is Cc1c(C(=O)OC(C)C)sc2nc(-c3cccc([N+](=O)[O-])c3)cn12. The second-order valence-corrected chi connectivity index (χ2v) is 6.53. The zero-order chi connectivity index (χ0) is 17.4. The van der Waals surface area contributed by atoms with Crippen LogP contribution in [0.15, 0.2) is 30.5 Å². The first-order valence-corrected chi connectivity index (χ1v) is 8.12. The minimum absolute atomic E-state index is 0.0155. The number of esters is 1. The summed E-state index contributed by atoms with van der Waals surface area (Å²) in [5.41, 5.74) is 2.04. The molecule has 0 aliphatic rings. The smallest absolute Gasteiger partial charge is 0.350 e. The number of carbonyl (C=O) groups is 1. The number of hydrogen-bond donors (Lipinski definition) is 0. The Hall–Kier alpha value is -2.74. The predicted molar refractivity (Wildman–Crippen MR) is 90.4 cm³/mol. The molecule has 0 fully saturated rings. The Morgan fingerprint density at radius 3 is 2.79 bits per heavy atom. The normalized spacial score (nSPS) is 11.2. The Bertz CT molecular complexity index is 942. The van der Waals surface area contributed by atoms with Crippen LogP contribution in [-0.4, -0.2) is 26.4 Å². The number of non-ortho nitro benzene ring substituents is 1. The van der Waals surface area contributed by atoms with E-state index in [0.29, 0.717) is 21.1 Å². The molecule has 2 aromatic heterocycles. The zero-order valence-corrected chi connectivity index (χ0v) is 14.2. The first-order valence-electron chi connectivity index (χ1n) is 7.31. The summed E-state index contributed by atoms with van der Waals surface area (Å²) in [6.45, 7) is 5.41. The number of ether oxygens (including phenoxy) is 1. The fraction of sp³-hybridized carbons (Fsp3) is 0.250. The van der Waals surface area contributed by atoms with E-state index in [4.69, 9.17) is 4.74 Å². The Morgan fingerprint density at radius 2 is 2.17 bits per heavy atom. The van der Waals surface area contributed by atoms with Gasteiger partial charge in [-0.1, -0.05) is 23.5 Å². The van der Waals surface area contributed by atoms with Crippen molar-refractivity contribution >= 4 is 28.0 Å². The molecule has 1 aromatic carbocycles. The number of aromatic nitrogens is 2. The molecular formula is C16H15N3O4S. The van der Waals surface area contributed by atoms with Gasteiger partial charge in [0.05, 0.1) is 16.7 Å². The first kappa shape index (κ1) is 16.1. The molecule has 0 atom stereocenters. The third-order valence-electron chi connectivity index (χ3n) is 3.44. The minimum Gasteiger partial charge on any atom is -0.459 e. The summed E-state index contributed by atoms with van der Waals surface area (Å²) >= 11 is 1.24. The van der Waals surface area contributed by atoms with Crippen LogP contribution >= 0.6 is 11.3 Å². The van der Waals surface area contributed by atoms with E-state index in [1.165, 1.54) is 23.5 Å². The van der Waals surface area contributed by atoms with Gasteiger partial charge in [-0.2, -0.15) is 0 Å². The summed E-state index contributed by atoms with van der Waals surface area (Å²) < 4.78 is 7.03. The van der Waals surface area contributed by atoms with E-state index >= 15 is 0 Å². The van der Waals surface area contributed by atoms with Crippen molar-refractivity contribution in [1.29, 1.82) is 0 Å². The number of carbonyl (C=O) groups excluding carboxylic acids is 1. The Balaban J connectivity index is 2.00. The largest absolute Gasteiger partial charge is 0.459 e. The molecule has 0 N–H and O–H groups in total. The second-order valence-electron chi connectivity index (χ2n) is 5.56. The van der Waals surface area contributed by atoms with Crippen molar-refractivity contribution in [3.05, 3.63) is 51.1 Å². The van der Waals surface area contributed by atoms with Gasteiger partial charge in [-0.05, 0) is 20.8 Å². The van der Waals surface area contributed by atoms with Gasteiger partial charge < -0.3 is 4.74 Å². The van der Waals surface area contributed by atoms with Gasteiger partial charge in [0, 0.05) is 29.6 Å². The highest BCUT2D eigenvalue weighted by molar-refractivity contribution is 7.19. The third kappa shape index (κ3) is 2.88. The standard InChI is InChI=1S/C16H15N3O4S/c1-9(2)23-15(20)14-10(3)18-8-13(17-16(18)24-14)11-5-4-6-12(7-11)19(21)22/h4-9H,1-3H3. The van der Waals surface area contributed by atoms with Gasteiger partial charge in [0.1, 0.15) is 4.88 Å². The van der Waals surface area contributed by atoms with E-state index in [2.05, 4.69) is 4.98 Å². The Morgan fingerprint density at radius 1 is 1.42 bits per heavy atom. The van der Waals surface area contributed by atoms with Crippen molar-refractivity contribution in [2.75, 3.05) is 0 Å². The van der Waals surface area contributed by atoms with Gasteiger partial charge in [-0.25, -0.2) is 9.78 Å². The van der Waals surface area contributed by atoms with E-state index in [9.17, 15) is 14.9 Å². The highest BCUT2D eigenvalue weighted by atomic mass is 32.1. The molecule has 7 nitrogen and oxygen atoms in total. The molecule has 3 rings (SSSR count). The van der Waals surface area contributed by atoms with Crippen molar-refractivity contribution in [3.8, 4) is 11.3 Å². The lowest BCUT2D eigenvalue weighted by atomic mass is 10.1. The molecule has 124 valence electrons. The average molecular weight is 345 g/mol. The van der Waals surface area contributed by atoms with Gasteiger partial charge in [0.25, 0.3) is 5.69 Å². The van der Waals surface area contributed by atoms with E-state index < -0.39 is 4.92 Å². The van der Waals surface area contributed by atoms with Crippen molar-refractivity contribution in [3.63, 3.8) is 0 Å². The number of nitrogens with zero attached hydrogens (tertiary/aromatic N) is 3. The molecule has 0 spiro atoms. The molecule has 0 aliphatic carbocycles. The van der Waals surface area contributed by atoms with Crippen LogP contribution < -0.4 is 0 Å². The Kier molecular flexibility index (Phi) is 4.06. The number of imidazole rings is 1. The fourth-order valence-electron chi connectivity index (χ4n) is 2.32. The van der Waals surface area contributed by atoms with Crippen LogP contribution in [0.25, 0.3) is 16.2 Å². The number of thiazole rings is 1.